The number of aliphatic imine (C=N–C) groups is 1. The van der Waals surface area contributed by atoms with Gasteiger partial charge >= 0.3 is 5.97 Å². The Morgan fingerprint density at radius 3 is 2.92 bits per heavy atom. The van der Waals surface area contributed by atoms with Gasteiger partial charge in [-0.1, -0.05) is 31.2 Å². The van der Waals surface area contributed by atoms with Crippen LogP contribution >= 0.6 is 0 Å². The highest BCUT2D eigenvalue weighted by Crippen LogP contribution is 2.24. The molecular weight excluding hydrogens is 316 g/mol. The molecule has 0 bridgehead atoms. The highest BCUT2D eigenvalue weighted by Gasteiger charge is 2.36. The zero-order valence-electron chi connectivity index (χ0n) is 14.9. The fourth-order valence-electron chi connectivity index (χ4n) is 3.41. The van der Waals surface area contributed by atoms with Gasteiger partial charge in [0.05, 0.1) is 18.5 Å². The molecule has 0 spiro atoms. The number of guanidine groups is 1. The van der Waals surface area contributed by atoms with Gasteiger partial charge < -0.3 is 15.0 Å². The summed E-state index contributed by atoms with van der Waals surface area (Å²) in [5.41, 5.74) is 2.12. The molecule has 2 unspecified atom stereocenters. The number of carbonyl (C=O) groups excluding carboxylic acids is 1. The number of aromatic nitrogens is 1. The van der Waals surface area contributed by atoms with Crippen LogP contribution in [0.2, 0.25) is 0 Å². The third-order valence-corrected chi connectivity index (χ3v) is 4.78. The number of para-hydroxylation sites is 1. The highest BCUT2D eigenvalue weighted by atomic mass is 16.5. The number of hydrogen-bond acceptors (Lipinski definition) is 4. The van der Waals surface area contributed by atoms with Crippen LogP contribution in [0, 0.1) is 11.8 Å². The molecule has 0 amide bonds. The number of ether oxygens (including phenoxy) is 1. The van der Waals surface area contributed by atoms with Gasteiger partial charge in [-0.15, -0.1) is 0 Å². The van der Waals surface area contributed by atoms with E-state index in [4.69, 9.17) is 4.74 Å². The van der Waals surface area contributed by atoms with E-state index < -0.39 is 0 Å². The minimum absolute atomic E-state index is 0.109. The number of rotatable bonds is 3. The molecule has 132 valence electrons. The van der Waals surface area contributed by atoms with E-state index in [1.54, 1.807) is 7.05 Å². The Labute approximate surface area is 147 Å². The third kappa shape index (κ3) is 3.57. The Bertz CT molecular complexity index is 785. The molecule has 2 aromatic rings. The summed E-state index contributed by atoms with van der Waals surface area (Å²) < 4.78 is 4.91. The quantitative estimate of drug-likeness (QED) is 0.526. The molecule has 2 atom stereocenters. The lowest BCUT2D eigenvalue weighted by molar-refractivity contribution is -0.145. The SMILES string of the molecule is CN=C(NCc1cccc2cccnc12)N1CC(C)C(C(=O)OC)C1. The van der Waals surface area contributed by atoms with Gasteiger partial charge in [-0.2, -0.15) is 0 Å². The summed E-state index contributed by atoms with van der Waals surface area (Å²) in [5, 5.41) is 4.52. The minimum atomic E-state index is -0.149. The van der Waals surface area contributed by atoms with Crippen molar-refractivity contribution in [2.45, 2.75) is 13.5 Å². The number of benzene rings is 1. The van der Waals surface area contributed by atoms with E-state index in [2.05, 4.69) is 45.3 Å². The smallest absolute Gasteiger partial charge is 0.310 e. The largest absolute Gasteiger partial charge is 0.469 e. The first kappa shape index (κ1) is 17.2. The Hall–Kier alpha value is -2.63. The number of hydrogen-bond donors (Lipinski definition) is 1. The molecule has 0 saturated carbocycles. The predicted molar refractivity (Wildman–Crippen MR) is 98.2 cm³/mol. The van der Waals surface area contributed by atoms with E-state index in [9.17, 15) is 4.79 Å². The third-order valence-electron chi connectivity index (χ3n) is 4.78. The van der Waals surface area contributed by atoms with Crippen LogP contribution in [0.25, 0.3) is 10.9 Å². The molecular formula is C19H24N4O2. The van der Waals surface area contributed by atoms with Gasteiger partial charge in [-0.05, 0) is 17.5 Å². The summed E-state index contributed by atoms with van der Waals surface area (Å²) in [6.45, 7) is 4.12. The van der Waals surface area contributed by atoms with Gasteiger partial charge in [0.25, 0.3) is 0 Å². The molecule has 0 aliphatic carbocycles. The fourth-order valence-corrected chi connectivity index (χ4v) is 3.41. The van der Waals surface area contributed by atoms with Gasteiger partial charge in [-0.3, -0.25) is 14.8 Å². The Balaban J connectivity index is 1.70. The normalized spacial score (nSPS) is 20.8. The summed E-state index contributed by atoms with van der Waals surface area (Å²) >= 11 is 0. The van der Waals surface area contributed by atoms with Gasteiger partial charge in [-0.25, -0.2) is 0 Å². The maximum atomic E-state index is 11.9. The summed E-state index contributed by atoms with van der Waals surface area (Å²) in [4.78, 5) is 22.9. The second-order valence-corrected chi connectivity index (χ2v) is 6.40. The van der Waals surface area contributed by atoms with E-state index in [0.717, 1.165) is 29.0 Å². The molecule has 1 aromatic carbocycles. The number of likely N-dealkylation sites (tertiary alicyclic amines) is 1. The molecule has 25 heavy (non-hydrogen) atoms. The van der Waals surface area contributed by atoms with Crippen LogP contribution in [0.3, 0.4) is 0 Å². The van der Waals surface area contributed by atoms with Crippen molar-refractivity contribution in [2.24, 2.45) is 16.8 Å². The number of methoxy groups -OCH3 is 1. The highest BCUT2D eigenvalue weighted by molar-refractivity contribution is 5.84. The maximum Gasteiger partial charge on any atom is 0.310 e. The van der Waals surface area contributed by atoms with Gasteiger partial charge in [0, 0.05) is 38.3 Å². The fraction of sp³-hybridized carbons (Fsp3) is 0.421. The Morgan fingerprint density at radius 2 is 2.16 bits per heavy atom. The van der Waals surface area contributed by atoms with Gasteiger partial charge in [0.15, 0.2) is 5.96 Å². The number of nitrogens with one attached hydrogen (secondary N) is 1. The van der Waals surface area contributed by atoms with Crippen LogP contribution in [-0.2, 0) is 16.1 Å². The van der Waals surface area contributed by atoms with Crippen molar-refractivity contribution < 1.29 is 9.53 Å². The first-order chi connectivity index (χ1) is 12.1. The molecule has 3 rings (SSSR count). The van der Waals surface area contributed by atoms with E-state index in [1.807, 2.05) is 18.3 Å². The van der Waals surface area contributed by atoms with Crippen molar-refractivity contribution in [2.75, 3.05) is 27.2 Å². The molecule has 2 heterocycles. The average Bonchev–Trinajstić information content (AvgIpc) is 3.03. The number of fused-ring (bicyclic) bond motifs is 1. The molecule has 1 aliphatic rings. The van der Waals surface area contributed by atoms with Crippen molar-refractivity contribution in [3.8, 4) is 0 Å². The summed E-state index contributed by atoms with van der Waals surface area (Å²) in [6, 6.07) is 10.2. The summed E-state index contributed by atoms with van der Waals surface area (Å²) in [5.74, 6) is 0.780. The van der Waals surface area contributed by atoms with E-state index >= 15 is 0 Å². The summed E-state index contributed by atoms with van der Waals surface area (Å²) in [6.07, 6.45) is 1.81. The van der Waals surface area contributed by atoms with Crippen LogP contribution in [-0.4, -0.2) is 49.1 Å². The second-order valence-electron chi connectivity index (χ2n) is 6.40. The topological polar surface area (TPSA) is 66.8 Å². The first-order valence-corrected chi connectivity index (χ1v) is 8.50. The van der Waals surface area contributed by atoms with Crippen molar-refractivity contribution >= 4 is 22.8 Å². The maximum absolute atomic E-state index is 11.9. The van der Waals surface area contributed by atoms with Crippen LogP contribution in [0.5, 0.6) is 0 Å². The van der Waals surface area contributed by atoms with Crippen molar-refractivity contribution in [1.29, 1.82) is 0 Å². The predicted octanol–water partition coefficient (Wildman–Crippen LogP) is 2.05. The number of nitrogens with zero attached hydrogens (tertiary/aromatic N) is 3. The van der Waals surface area contributed by atoms with Crippen molar-refractivity contribution in [3.05, 3.63) is 42.1 Å². The van der Waals surface area contributed by atoms with Crippen LogP contribution in [0.4, 0.5) is 0 Å². The zero-order valence-corrected chi connectivity index (χ0v) is 14.9. The van der Waals surface area contributed by atoms with Crippen LogP contribution < -0.4 is 5.32 Å². The number of pyridine rings is 1. The first-order valence-electron chi connectivity index (χ1n) is 8.50. The van der Waals surface area contributed by atoms with Crippen molar-refractivity contribution in [3.63, 3.8) is 0 Å². The van der Waals surface area contributed by atoms with Gasteiger partial charge in [0.2, 0.25) is 0 Å². The Morgan fingerprint density at radius 1 is 1.36 bits per heavy atom. The lowest BCUT2D eigenvalue weighted by atomic mass is 9.99. The zero-order chi connectivity index (χ0) is 17.8. The van der Waals surface area contributed by atoms with E-state index in [-0.39, 0.29) is 17.8 Å². The lowest BCUT2D eigenvalue weighted by Gasteiger charge is -2.21. The standard InChI is InChI=1S/C19H24N4O2/c1-13-11-23(12-16(13)18(24)25-3)19(20-2)22-10-15-7-4-6-14-8-5-9-21-17(14)15/h4-9,13,16H,10-12H2,1-3H3,(H,20,22). The Kier molecular flexibility index (Phi) is 5.16. The number of esters is 1. The second kappa shape index (κ2) is 7.51. The van der Waals surface area contributed by atoms with Crippen LogP contribution in [0.15, 0.2) is 41.5 Å². The molecule has 1 N–H and O–H groups in total. The molecule has 0 radical (unpaired) electrons. The monoisotopic (exact) mass is 340 g/mol. The molecule has 1 aromatic heterocycles. The molecule has 1 aliphatic heterocycles. The van der Waals surface area contributed by atoms with E-state index in [1.165, 1.54) is 7.11 Å². The lowest BCUT2D eigenvalue weighted by Crippen LogP contribution is -2.40. The number of carbonyl (C=O) groups is 1. The average molecular weight is 340 g/mol. The minimum Gasteiger partial charge on any atom is -0.469 e. The molecule has 1 fully saturated rings. The van der Waals surface area contributed by atoms with E-state index in [0.29, 0.717) is 13.1 Å². The van der Waals surface area contributed by atoms with Gasteiger partial charge in [0.1, 0.15) is 0 Å². The van der Waals surface area contributed by atoms with Crippen molar-refractivity contribution in [1.82, 2.24) is 15.2 Å². The molecule has 1 saturated heterocycles. The summed E-state index contributed by atoms with van der Waals surface area (Å²) in [7, 11) is 3.21. The molecule has 6 heteroatoms. The van der Waals surface area contributed by atoms with Crippen LogP contribution in [0.1, 0.15) is 12.5 Å². The molecule has 6 nitrogen and oxygen atoms in total.